The number of amides is 2. The van der Waals surface area contributed by atoms with Gasteiger partial charge in [0.05, 0.1) is 24.8 Å². The Morgan fingerprint density at radius 3 is 2.52 bits per heavy atom. The van der Waals surface area contributed by atoms with Crippen LogP contribution in [0.1, 0.15) is 41.3 Å². The van der Waals surface area contributed by atoms with Gasteiger partial charge >= 0.3 is 0 Å². The van der Waals surface area contributed by atoms with E-state index in [0.29, 0.717) is 28.3 Å². The van der Waals surface area contributed by atoms with Crippen molar-refractivity contribution < 1.29 is 28.0 Å². The quantitative estimate of drug-likeness (QED) is 0.612. The van der Waals surface area contributed by atoms with Gasteiger partial charge in [0.2, 0.25) is 11.7 Å². The number of ketones is 1. The van der Waals surface area contributed by atoms with Gasteiger partial charge in [-0.15, -0.1) is 0 Å². The molecule has 4 rings (SSSR count). The standard InChI is InChI=1S/C23H22N2O6/c1-14-10-19-17(11-16(14)21(27)18-7-5-9-30-18)25(22(28)23(2,3)31-19)13-20(26)24-12-15-6-4-8-29-15/h4-11H,12-13H2,1-3H3,(H,24,26). The van der Waals surface area contributed by atoms with E-state index in [9.17, 15) is 14.4 Å². The molecule has 0 atom stereocenters. The highest BCUT2D eigenvalue weighted by Crippen LogP contribution is 2.40. The Labute approximate surface area is 178 Å². The van der Waals surface area contributed by atoms with Gasteiger partial charge in [0.15, 0.2) is 11.4 Å². The Hall–Kier alpha value is -3.81. The van der Waals surface area contributed by atoms with Crippen LogP contribution in [-0.2, 0) is 16.1 Å². The number of rotatable bonds is 6. The van der Waals surface area contributed by atoms with E-state index in [2.05, 4.69) is 5.32 Å². The summed E-state index contributed by atoms with van der Waals surface area (Å²) in [7, 11) is 0. The molecule has 0 saturated heterocycles. The molecule has 1 aliphatic rings. The van der Waals surface area contributed by atoms with E-state index in [1.807, 2.05) is 0 Å². The second-order valence-corrected chi connectivity index (χ2v) is 7.80. The van der Waals surface area contributed by atoms with Crippen molar-refractivity contribution in [2.24, 2.45) is 0 Å². The maximum Gasteiger partial charge on any atom is 0.271 e. The van der Waals surface area contributed by atoms with Gasteiger partial charge < -0.3 is 18.9 Å². The molecule has 3 heterocycles. The average Bonchev–Trinajstić information content (AvgIpc) is 3.43. The molecule has 0 unspecified atom stereocenters. The monoisotopic (exact) mass is 422 g/mol. The zero-order valence-electron chi connectivity index (χ0n) is 17.4. The third kappa shape index (κ3) is 3.96. The van der Waals surface area contributed by atoms with Gasteiger partial charge in [-0.05, 0) is 62.7 Å². The smallest absolute Gasteiger partial charge is 0.271 e. The normalized spacial score (nSPS) is 14.7. The molecule has 1 aliphatic heterocycles. The van der Waals surface area contributed by atoms with Gasteiger partial charge in [-0.2, -0.15) is 0 Å². The lowest BCUT2D eigenvalue weighted by atomic mass is 9.97. The first-order valence-corrected chi connectivity index (χ1v) is 9.79. The van der Waals surface area contributed by atoms with E-state index in [1.165, 1.54) is 17.4 Å². The van der Waals surface area contributed by atoms with Gasteiger partial charge in [-0.1, -0.05) is 0 Å². The summed E-state index contributed by atoms with van der Waals surface area (Å²) in [5.41, 5.74) is 0.240. The first-order chi connectivity index (χ1) is 14.8. The molecule has 0 fully saturated rings. The Morgan fingerprint density at radius 2 is 1.84 bits per heavy atom. The van der Waals surface area contributed by atoms with Crippen molar-refractivity contribution in [2.75, 3.05) is 11.4 Å². The second kappa shape index (κ2) is 7.79. The second-order valence-electron chi connectivity index (χ2n) is 7.80. The van der Waals surface area contributed by atoms with Crippen LogP contribution in [0.5, 0.6) is 5.75 Å². The number of hydrogen-bond donors (Lipinski definition) is 1. The zero-order chi connectivity index (χ0) is 22.2. The number of carbonyl (C=O) groups excluding carboxylic acids is 3. The largest absolute Gasteiger partial charge is 0.476 e. The molecule has 1 aromatic carbocycles. The van der Waals surface area contributed by atoms with E-state index >= 15 is 0 Å². The maximum absolute atomic E-state index is 13.1. The van der Waals surface area contributed by atoms with E-state index in [1.54, 1.807) is 57.2 Å². The van der Waals surface area contributed by atoms with Crippen molar-refractivity contribution in [1.82, 2.24) is 5.32 Å². The fourth-order valence-corrected chi connectivity index (χ4v) is 3.46. The highest BCUT2D eigenvalue weighted by Gasteiger charge is 2.42. The van der Waals surface area contributed by atoms with Crippen molar-refractivity contribution >= 4 is 23.3 Å². The number of nitrogens with zero attached hydrogens (tertiary/aromatic N) is 1. The third-order valence-corrected chi connectivity index (χ3v) is 5.05. The lowest BCUT2D eigenvalue weighted by molar-refractivity contribution is -0.134. The number of ether oxygens (including phenoxy) is 1. The topological polar surface area (TPSA) is 102 Å². The fraction of sp³-hybridized carbons (Fsp3) is 0.261. The van der Waals surface area contributed by atoms with E-state index in [0.717, 1.165) is 0 Å². The van der Waals surface area contributed by atoms with Gasteiger partial charge in [0, 0.05) is 5.56 Å². The highest BCUT2D eigenvalue weighted by atomic mass is 16.5. The number of nitrogens with one attached hydrogen (secondary N) is 1. The van der Waals surface area contributed by atoms with Crippen molar-refractivity contribution in [1.29, 1.82) is 0 Å². The molecule has 3 aromatic rings. The summed E-state index contributed by atoms with van der Waals surface area (Å²) >= 11 is 0. The van der Waals surface area contributed by atoms with Crippen LogP contribution in [0.4, 0.5) is 5.69 Å². The first kappa shape index (κ1) is 20.5. The number of benzene rings is 1. The molecule has 8 heteroatoms. The number of fused-ring (bicyclic) bond motifs is 1. The molecule has 1 N–H and O–H groups in total. The minimum Gasteiger partial charge on any atom is -0.476 e. The van der Waals surface area contributed by atoms with Gasteiger partial charge in [0.1, 0.15) is 18.1 Å². The minimum atomic E-state index is -1.16. The van der Waals surface area contributed by atoms with E-state index in [4.69, 9.17) is 13.6 Å². The molecule has 0 bridgehead atoms. The predicted octanol–water partition coefficient (Wildman–Crippen LogP) is 3.23. The Bertz CT molecular complexity index is 1130. The first-order valence-electron chi connectivity index (χ1n) is 9.79. The molecule has 0 radical (unpaired) electrons. The van der Waals surface area contributed by atoms with Gasteiger partial charge in [-0.25, -0.2) is 0 Å². The molecule has 0 spiro atoms. The van der Waals surface area contributed by atoms with Crippen LogP contribution >= 0.6 is 0 Å². The van der Waals surface area contributed by atoms with E-state index in [-0.39, 0.29) is 36.4 Å². The SMILES string of the molecule is Cc1cc2c(cc1C(=O)c1ccco1)N(CC(=O)NCc1ccco1)C(=O)C(C)(C)O2. The molecule has 2 amide bonds. The third-order valence-electron chi connectivity index (χ3n) is 5.05. The predicted molar refractivity (Wildman–Crippen MR) is 111 cm³/mol. The lowest BCUT2D eigenvalue weighted by Crippen LogP contribution is -2.55. The van der Waals surface area contributed by atoms with Crippen molar-refractivity contribution in [2.45, 2.75) is 32.9 Å². The molecule has 0 saturated carbocycles. The van der Waals surface area contributed by atoms with Crippen molar-refractivity contribution in [3.63, 3.8) is 0 Å². The molecular formula is C23H22N2O6. The summed E-state index contributed by atoms with van der Waals surface area (Å²) in [6.45, 7) is 5.05. The molecule has 8 nitrogen and oxygen atoms in total. The number of anilines is 1. The van der Waals surface area contributed by atoms with Crippen LogP contribution in [0.3, 0.4) is 0 Å². The summed E-state index contributed by atoms with van der Waals surface area (Å²) in [6.07, 6.45) is 2.94. The number of aryl methyl sites for hydroxylation is 1. The molecular weight excluding hydrogens is 400 g/mol. The Kier molecular flexibility index (Phi) is 5.14. The van der Waals surface area contributed by atoms with Crippen LogP contribution < -0.4 is 15.0 Å². The van der Waals surface area contributed by atoms with Crippen LogP contribution in [0.15, 0.2) is 57.8 Å². The molecule has 0 aliphatic carbocycles. The molecule has 31 heavy (non-hydrogen) atoms. The van der Waals surface area contributed by atoms with Gasteiger partial charge in [-0.3, -0.25) is 19.3 Å². The van der Waals surface area contributed by atoms with Crippen LogP contribution in [0.2, 0.25) is 0 Å². The van der Waals surface area contributed by atoms with Crippen LogP contribution in [0.25, 0.3) is 0 Å². The average molecular weight is 422 g/mol. The number of furan rings is 2. The van der Waals surface area contributed by atoms with Crippen molar-refractivity contribution in [3.8, 4) is 5.75 Å². The summed E-state index contributed by atoms with van der Waals surface area (Å²) in [6, 6.07) is 9.95. The molecule has 160 valence electrons. The Morgan fingerprint density at radius 1 is 1.10 bits per heavy atom. The molecule has 2 aromatic heterocycles. The summed E-state index contributed by atoms with van der Waals surface area (Å²) in [5.74, 6) is 0.154. The lowest BCUT2D eigenvalue weighted by Gasteiger charge is -2.38. The summed E-state index contributed by atoms with van der Waals surface area (Å²) in [5, 5.41) is 2.73. The summed E-state index contributed by atoms with van der Waals surface area (Å²) < 4.78 is 16.3. The van der Waals surface area contributed by atoms with Crippen molar-refractivity contribution in [3.05, 3.63) is 71.6 Å². The minimum absolute atomic E-state index is 0.189. The number of hydrogen-bond acceptors (Lipinski definition) is 6. The fourth-order valence-electron chi connectivity index (χ4n) is 3.46. The highest BCUT2D eigenvalue weighted by molar-refractivity contribution is 6.11. The summed E-state index contributed by atoms with van der Waals surface area (Å²) in [4.78, 5) is 39.8. The maximum atomic E-state index is 13.1. The number of carbonyl (C=O) groups is 3. The van der Waals surface area contributed by atoms with Gasteiger partial charge in [0.25, 0.3) is 5.91 Å². The van der Waals surface area contributed by atoms with E-state index < -0.39 is 5.60 Å². The Balaban J connectivity index is 1.65. The van der Waals surface area contributed by atoms with Crippen LogP contribution in [-0.4, -0.2) is 29.7 Å². The van der Waals surface area contributed by atoms with Crippen LogP contribution in [0, 0.1) is 6.92 Å². The zero-order valence-corrected chi connectivity index (χ0v) is 17.4.